The normalized spacial score (nSPS) is 21.2. The van der Waals surface area contributed by atoms with Gasteiger partial charge in [-0.25, -0.2) is 4.98 Å². The molecule has 1 fully saturated rings. The van der Waals surface area contributed by atoms with Crippen molar-refractivity contribution in [1.29, 1.82) is 0 Å². The van der Waals surface area contributed by atoms with Crippen LogP contribution < -0.4 is 0 Å². The van der Waals surface area contributed by atoms with E-state index in [4.69, 9.17) is 9.57 Å². The molecule has 2 heterocycles. The van der Waals surface area contributed by atoms with E-state index in [1.54, 1.807) is 12.5 Å². The third-order valence-electron chi connectivity index (χ3n) is 2.40. The van der Waals surface area contributed by atoms with Gasteiger partial charge < -0.3 is 9.30 Å². The van der Waals surface area contributed by atoms with Gasteiger partial charge in [-0.15, -0.1) is 0 Å². The zero-order valence-corrected chi connectivity index (χ0v) is 9.20. The fourth-order valence-corrected chi connectivity index (χ4v) is 1.63. The van der Waals surface area contributed by atoms with Gasteiger partial charge in [-0.3, -0.25) is 9.63 Å². The summed E-state index contributed by atoms with van der Waals surface area (Å²) in [5.41, 5.74) is 0. The molecule has 88 valence electrons. The minimum Gasteiger partial charge on any atom is -0.464 e. The summed E-state index contributed by atoms with van der Waals surface area (Å²) in [4.78, 5) is 20.2. The van der Waals surface area contributed by atoms with E-state index in [9.17, 15) is 4.79 Å². The Labute approximate surface area is 93.7 Å². The van der Waals surface area contributed by atoms with E-state index >= 15 is 0 Å². The fraction of sp³-hybridized carbons (Fsp3) is 0.600. The standard InChI is InChI=1S/C10H15N3O3/c1-9(14)15-7-6-13-4-2-10(16-13)12-5-3-11-8-12/h3,5,8,10H,2,4,6-7H2,1H3/t10-/m1/s1. The first-order chi connectivity index (χ1) is 7.75. The van der Waals surface area contributed by atoms with Crippen LogP contribution in [-0.4, -0.2) is 40.3 Å². The minimum absolute atomic E-state index is 0.0137. The topological polar surface area (TPSA) is 56.6 Å². The van der Waals surface area contributed by atoms with Crippen LogP contribution in [0.2, 0.25) is 0 Å². The lowest BCUT2D eigenvalue weighted by molar-refractivity contribution is -0.177. The van der Waals surface area contributed by atoms with Crippen LogP contribution in [0.1, 0.15) is 19.6 Å². The van der Waals surface area contributed by atoms with Crippen molar-refractivity contribution in [1.82, 2.24) is 14.6 Å². The Balaban J connectivity index is 1.74. The molecule has 0 unspecified atom stereocenters. The summed E-state index contributed by atoms with van der Waals surface area (Å²) >= 11 is 0. The van der Waals surface area contributed by atoms with Crippen molar-refractivity contribution >= 4 is 5.97 Å². The summed E-state index contributed by atoms with van der Waals surface area (Å²) in [6.45, 7) is 3.21. The predicted molar refractivity (Wildman–Crippen MR) is 55.2 cm³/mol. The highest BCUT2D eigenvalue weighted by atomic mass is 16.7. The van der Waals surface area contributed by atoms with Crippen molar-refractivity contribution in [3.8, 4) is 0 Å². The van der Waals surface area contributed by atoms with Crippen LogP contribution >= 0.6 is 0 Å². The van der Waals surface area contributed by atoms with E-state index in [2.05, 4.69) is 4.98 Å². The van der Waals surface area contributed by atoms with Crippen LogP contribution in [0.3, 0.4) is 0 Å². The average Bonchev–Trinajstić information content (AvgIpc) is 2.85. The molecule has 1 aliphatic heterocycles. The highest BCUT2D eigenvalue weighted by Crippen LogP contribution is 2.22. The Morgan fingerprint density at radius 2 is 2.56 bits per heavy atom. The third kappa shape index (κ3) is 2.80. The van der Waals surface area contributed by atoms with Gasteiger partial charge in [0.15, 0.2) is 6.23 Å². The monoisotopic (exact) mass is 225 g/mol. The molecule has 0 bridgehead atoms. The number of rotatable bonds is 4. The second kappa shape index (κ2) is 5.09. The molecule has 1 atom stereocenters. The largest absolute Gasteiger partial charge is 0.464 e. The molecule has 2 rings (SSSR count). The molecule has 0 saturated carbocycles. The molecular formula is C10H15N3O3. The molecular weight excluding hydrogens is 210 g/mol. The van der Waals surface area contributed by atoms with Gasteiger partial charge in [-0.1, -0.05) is 0 Å². The van der Waals surface area contributed by atoms with E-state index < -0.39 is 0 Å². The maximum atomic E-state index is 10.6. The number of hydroxylamine groups is 2. The van der Waals surface area contributed by atoms with Gasteiger partial charge in [-0.2, -0.15) is 5.06 Å². The van der Waals surface area contributed by atoms with Gasteiger partial charge in [0.1, 0.15) is 6.61 Å². The smallest absolute Gasteiger partial charge is 0.302 e. The van der Waals surface area contributed by atoms with Crippen molar-refractivity contribution in [2.24, 2.45) is 0 Å². The number of nitrogens with zero attached hydrogens (tertiary/aromatic N) is 3. The molecule has 0 amide bonds. The Kier molecular flexibility index (Phi) is 3.53. The average molecular weight is 225 g/mol. The molecule has 0 aromatic carbocycles. The van der Waals surface area contributed by atoms with Gasteiger partial charge >= 0.3 is 5.97 Å². The number of imidazole rings is 1. The van der Waals surface area contributed by atoms with Crippen molar-refractivity contribution < 1.29 is 14.4 Å². The summed E-state index contributed by atoms with van der Waals surface area (Å²) in [6.07, 6.45) is 6.27. The SMILES string of the molecule is CC(=O)OCCN1CC[C@H](n2ccnc2)O1. The van der Waals surface area contributed by atoms with E-state index in [1.807, 2.05) is 15.8 Å². The van der Waals surface area contributed by atoms with E-state index in [0.717, 1.165) is 13.0 Å². The molecule has 1 aliphatic rings. The number of aromatic nitrogens is 2. The Morgan fingerprint density at radius 1 is 1.69 bits per heavy atom. The molecule has 1 aromatic rings. The summed E-state index contributed by atoms with van der Waals surface area (Å²) in [5.74, 6) is -0.259. The molecule has 0 aliphatic carbocycles. The van der Waals surface area contributed by atoms with Crippen LogP contribution in [0.4, 0.5) is 0 Å². The number of esters is 1. The maximum absolute atomic E-state index is 10.6. The summed E-state index contributed by atoms with van der Waals surface area (Å²) in [6, 6.07) is 0. The first-order valence-electron chi connectivity index (χ1n) is 5.28. The molecule has 16 heavy (non-hydrogen) atoms. The summed E-state index contributed by atoms with van der Waals surface area (Å²) in [5, 5.41) is 1.81. The molecule has 6 heteroatoms. The Bertz CT molecular complexity index is 339. The Hall–Kier alpha value is -1.40. The predicted octanol–water partition coefficient (Wildman–Crippen LogP) is 0.582. The van der Waals surface area contributed by atoms with Gasteiger partial charge in [0.2, 0.25) is 0 Å². The number of carbonyl (C=O) groups is 1. The minimum atomic E-state index is -0.259. The van der Waals surface area contributed by atoms with Gasteiger partial charge in [0.05, 0.1) is 12.9 Å². The zero-order chi connectivity index (χ0) is 11.4. The van der Waals surface area contributed by atoms with Gasteiger partial charge in [0, 0.05) is 32.3 Å². The second-order valence-corrected chi connectivity index (χ2v) is 3.63. The fourth-order valence-electron chi connectivity index (χ4n) is 1.63. The Morgan fingerprint density at radius 3 is 3.25 bits per heavy atom. The van der Waals surface area contributed by atoms with Crippen LogP contribution in [0.15, 0.2) is 18.7 Å². The maximum Gasteiger partial charge on any atom is 0.302 e. The molecule has 0 N–H and O–H groups in total. The van der Waals surface area contributed by atoms with Gasteiger partial charge in [-0.05, 0) is 0 Å². The highest BCUT2D eigenvalue weighted by Gasteiger charge is 2.24. The van der Waals surface area contributed by atoms with E-state index in [-0.39, 0.29) is 12.2 Å². The quantitative estimate of drug-likeness (QED) is 0.702. The van der Waals surface area contributed by atoms with Crippen LogP contribution in [0.5, 0.6) is 0 Å². The van der Waals surface area contributed by atoms with Crippen LogP contribution in [0.25, 0.3) is 0 Å². The van der Waals surface area contributed by atoms with Crippen molar-refractivity contribution in [3.63, 3.8) is 0 Å². The molecule has 6 nitrogen and oxygen atoms in total. The lowest BCUT2D eigenvalue weighted by Gasteiger charge is -2.16. The number of hydrogen-bond acceptors (Lipinski definition) is 5. The van der Waals surface area contributed by atoms with Crippen molar-refractivity contribution in [2.75, 3.05) is 19.7 Å². The lowest BCUT2D eigenvalue weighted by Crippen LogP contribution is -2.24. The summed E-state index contributed by atoms with van der Waals surface area (Å²) in [7, 11) is 0. The highest BCUT2D eigenvalue weighted by molar-refractivity contribution is 5.65. The third-order valence-corrected chi connectivity index (χ3v) is 2.40. The molecule has 0 radical (unpaired) electrons. The first kappa shape index (κ1) is 11.1. The number of ether oxygens (including phenoxy) is 1. The van der Waals surface area contributed by atoms with E-state index in [1.165, 1.54) is 6.92 Å². The van der Waals surface area contributed by atoms with Crippen LogP contribution in [0, 0.1) is 0 Å². The second-order valence-electron chi connectivity index (χ2n) is 3.63. The van der Waals surface area contributed by atoms with Gasteiger partial charge in [0.25, 0.3) is 0 Å². The molecule has 1 aromatic heterocycles. The van der Waals surface area contributed by atoms with E-state index in [0.29, 0.717) is 13.2 Å². The number of hydrogen-bond donors (Lipinski definition) is 0. The zero-order valence-electron chi connectivity index (χ0n) is 9.20. The summed E-state index contributed by atoms with van der Waals surface area (Å²) < 4.78 is 6.77. The first-order valence-corrected chi connectivity index (χ1v) is 5.28. The molecule has 1 saturated heterocycles. The van der Waals surface area contributed by atoms with Crippen molar-refractivity contribution in [2.45, 2.75) is 19.6 Å². The van der Waals surface area contributed by atoms with Crippen LogP contribution in [-0.2, 0) is 14.4 Å². The lowest BCUT2D eigenvalue weighted by atomic mass is 10.4. The van der Waals surface area contributed by atoms with Crippen molar-refractivity contribution in [3.05, 3.63) is 18.7 Å². The number of carbonyl (C=O) groups excluding carboxylic acids is 1. The molecule has 0 spiro atoms.